The zero-order valence-corrected chi connectivity index (χ0v) is 44.9. The van der Waals surface area contributed by atoms with Crippen LogP contribution < -0.4 is 87.2 Å². The van der Waals surface area contributed by atoms with Crippen molar-refractivity contribution in [3.05, 3.63) is 218 Å². The second kappa shape index (κ2) is 26.6. The topological polar surface area (TPSA) is 148 Å². The van der Waals surface area contributed by atoms with Gasteiger partial charge in [0, 0.05) is 13.2 Å². The summed E-state index contributed by atoms with van der Waals surface area (Å²) >= 11 is 0. The molecule has 0 spiro atoms. The first kappa shape index (κ1) is 58.1. The fraction of sp³-hybridized carbons (Fsp3) is 0.0625. The molecule has 0 amide bonds. The number of hydrogen-bond acceptors (Lipinski definition) is 7. The number of rotatable bonds is 3. The summed E-state index contributed by atoms with van der Waals surface area (Å²) in [5.74, 6) is -0.710. The third-order valence-electron chi connectivity index (χ3n) is 12.9. The minimum Gasteiger partial charge on any atom is -0.872 e. The first-order chi connectivity index (χ1) is 34.8. The summed E-state index contributed by atoms with van der Waals surface area (Å²) in [5, 5.41) is 85.7. The quantitative estimate of drug-likeness (QED) is 0.247. The molecule has 1 aliphatic rings. The molecule has 75 heavy (non-hydrogen) atoms. The van der Waals surface area contributed by atoms with Gasteiger partial charge in [0.05, 0.1) is 0 Å². The largest absolute Gasteiger partial charge is 3.00 e. The molecular formula is C64H44Li3O7Y. The number of ether oxygens (including phenoxy) is 1. The maximum atomic E-state index is 12.5. The van der Waals surface area contributed by atoms with E-state index in [0.717, 1.165) is 77.8 Å². The zero-order valence-electron chi connectivity index (χ0n) is 42.0. The molecule has 0 saturated carbocycles. The molecule has 13 rings (SSSR count). The van der Waals surface area contributed by atoms with Gasteiger partial charge in [-0.2, -0.15) is 0 Å². The van der Waals surface area contributed by atoms with Crippen LogP contribution in [-0.2, 0) is 37.4 Å². The molecule has 1 aliphatic heterocycles. The van der Waals surface area contributed by atoms with Crippen molar-refractivity contribution in [1.82, 2.24) is 0 Å². The Kier molecular flexibility index (Phi) is 20.6. The third kappa shape index (κ3) is 12.3. The second-order valence-electron chi connectivity index (χ2n) is 17.3. The number of benzene rings is 12. The van der Waals surface area contributed by atoms with Crippen molar-refractivity contribution in [1.29, 1.82) is 0 Å². The zero-order chi connectivity index (χ0) is 48.8. The standard InChI is InChI=1S/3C20H14O2.C4H8O.3Li.Y/c3*21-17-11-9-13-5-1-3-7-15(13)19(17)20-16-8-4-2-6-14(16)10-12-18(20)22;1-2-4-5-3-1;;;;/h3*1-12,21-22H;1-4H2;;;;/q;;;;3*+1;+3/p-6. The molecule has 1 heterocycles. The maximum Gasteiger partial charge on any atom is 3.00 e. The van der Waals surface area contributed by atoms with Crippen LogP contribution >= 0.6 is 0 Å². The van der Waals surface area contributed by atoms with Gasteiger partial charge in [0.15, 0.2) is 0 Å². The van der Waals surface area contributed by atoms with Crippen molar-refractivity contribution >= 4 is 64.6 Å². The van der Waals surface area contributed by atoms with Crippen LogP contribution in [-0.4, -0.2) is 13.2 Å². The van der Waals surface area contributed by atoms with E-state index < -0.39 is 0 Å². The van der Waals surface area contributed by atoms with Crippen molar-refractivity contribution < 1.29 is 125 Å². The fourth-order valence-corrected chi connectivity index (χ4v) is 9.57. The summed E-state index contributed by atoms with van der Waals surface area (Å²) in [6.07, 6.45) is 2.56. The predicted octanol–water partition coefficient (Wildman–Crippen LogP) is 3.23. The van der Waals surface area contributed by atoms with Gasteiger partial charge in [0.25, 0.3) is 0 Å². The molecule has 0 bridgehead atoms. The van der Waals surface area contributed by atoms with E-state index >= 15 is 0 Å². The molecule has 1 fully saturated rings. The van der Waals surface area contributed by atoms with Gasteiger partial charge in [-0.1, -0.05) is 218 Å². The normalized spacial score (nSPS) is 11.4. The van der Waals surface area contributed by atoms with E-state index in [1.807, 2.05) is 146 Å². The van der Waals surface area contributed by atoms with Crippen LogP contribution in [0.5, 0.6) is 34.5 Å². The average molecular weight is 1030 g/mol. The number of hydrogen-bond donors (Lipinski definition) is 0. The van der Waals surface area contributed by atoms with Crippen molar-refractivity contribution in [2.75, 3.05) is 13.2 Å². The average Bonchev–Trinajstić information content (AvgIpc) is 4.01. The van der Waals surface area contributed by atoms with Crippen LogP contribution in [0.15, 0.2) is 218 Å². The van der Waals surface area contributed by atoms with Gasteiger partial charge in [0.1, 0.15) is 0 Å². The number of fused-ring (bicyclic) bond motifs is 6. The van der Waals surface area contributed by atoms with Gasteiger partial charge in [-0.05, 0) is 111 Å². The molecule has 11 heteroatoms. The molecule has 12 aromatic rings. The SMILES string of the molecule is C1CCOC1.[Li+].[Li+].[Li+].[O-]c1ccc2ccccc2c1-c1c([O-])ccc2ccccc12.[O-]c1ccc2ccccc2c1-c1c([O-])ccc2ccccc12.[O-]c1ccc2ccccc2c1-c1c([O-])ccc2ccccc12.[Y+3]. The van der Waals surface area contributed by atoms with E-state index in [0.29, 0.717) is 33.4 Å². The molecule has 0 radical (unpaired) electrons. The second-order valence-corrected chi connectivity index (χ2v) is 17.3. The summed E-state index contributed by atoms with van der Waals surface area (Å²) in [6.45, 7) is 2.00. The summed E-state index contributed by atoms with van der Waals surface area (Å²) in [7, 11) is 0. The molecular weight excluding hydrogens is 990 g/mol. The van der Waals surface area contributed by atoms with Crippen molar-refractivity contribution in [3.63, 3.8) is 0 Å². The molecule has 7 nitrogen and oxygen atoms in total. The Bertz CT molecular complexity index is 3270. The van der Waals surface area contributed by atoms with Crippen LogP contribution in [0.1, 0.15) is 12.8 Å². The molecule has 0 aromatic heterocycles. The fourth-order valence-electron chi connectivity index (χ4n) is 9.57. The Labute approximate surface area is 496 Å². The van der Waals surface area contributed by atoms with Crippen LogP contribution in [0, 0.1) is 0 Å². The Morgan fingerprint density at radius 3 is 0.533 bits per heavy atom. The summed E-state index contributed by atoms with van der Waals surface area (Å²) in [5.41, 5.74) is 3.00. The van der Waals surface area contributed by atoms with Gasteiger partial charge in [0.2, 0.25) is 0 Å². The molecule has 0 N–H and O–H groups in total. The van der Waals surface area contributed by atoms with Gasteiger partial charge in [-0.3, -0.25) is 0 Å². The van der Waals surface area contributed by atoms with Crippen LogP contribution in [0.3, 0.4) is 0 Å². The van der Waals surface area contributed by atoms with E-state index in [4.69, 9.17) is 4.74 Å². The smallest absolute Gasteiger partial charge is 0.872 e. The Balaban J connectivity index is 0.000000170. The predicted molar refractivity (Wildman–Crippen MR) is 277 cm³/mol. The first-order valence-corrected chi connectivity index (χ1v) is 23.5. The molecule has 1 saturated heterocycles. The third-order valence-corrected chi connectivity index (χ3v) is 12.9. The maximum absolute atomic E-state index is 12.5. The van der Waals surface area contributed by atoms with Gasteiger partial charge >= 0.3 is 89.3 Å². The van der Waals surface area contributed by atoms with Crippen LogP contribution in [0.4, 0.5) is 0 Å². The Morgan fingerprint density at radius 2 is 0.387 bits per heavy atom. The molecule has 0 unspecified atom stereocenters. The van der Waals surface area contributed by atoms with E-state index in [1.165, 1.54) is 12.8 Å². The monoisotopic (exact) mass is 1030 g/mol. The Hall–Kier alpha value is -6.14. The summed E-state index contributed by atoms with van der Waals surface area (Å²) < 4.78 is 4.94. The van der Waals surface area contributed by atoms with Gasteiger partial charge in [-0.15, -0.1) is 34.5 Å². The minimum absolute atomic E-state index is 0. The van der Waals surface area contributed by atoms with Crippen LogP contribution in [0.2, 0.25) is 0 Å². The van der Waals surface area contributed by atoms with Gasteiger partial charge < -0.3 is 35.4 Å². The van der Waals surface area contributed by atoms with E-state index in [-0.39, 0.29) is 124 Å². The van der Waals surface area contributed by atoms with Crippen molar-refractivity contribution in [2.45, 2.75) is 12.8 Å². The minimum atomic E-state index is -0.118. The first-order valence-electron chi connectivity index (χ1n) is 23.5. The van der Waals surface area contributed by atoms with Crippen molar-refractivity contribution in [3.8, 4) is 67.9 Å². The molecule has 348 valence electrons. The summed E-state index contributed by atoms with van der Waals surface area (Å²) in [6, 6.07) is 66.1. The Morgan fingerprint density at radius 1 is 0.227 bits per heavy atom. The van der Waals surface area contributed by atoms with E-state index in [9.17, 15) is 30.6 Å². The summed E-state index contributed by atoms with van der Waals surface area (Å²) in [4.78, 5) is 0. The van der Waals surface area contributed by atoms with Gasteiger partial charge in [-0.25, -0.2) is 0 Å². The molecule has 0 aliphatic carbocycles. The van der Waals surface area contributed by atoms with E-state index in [2.05, 4.69) is 0 Å². The van der Waals surface area contributed by atoms with Crippen LogP contribution in [0.25, 0.3) is 98.0 Å². The van der Waals surface area contributed by atoms with E-state index in [1.54, 1.807) is 72.8 Å². The molecule has 12 aromatic carbocycles. The molecule has 0 atom stereocenters. The van der Waals surface area contributed by atoms with Crippen molar-refractivity contribution in [2.24, 2.45) is 0 Å².